The van der Waals surface area contributed by atoms with Gasteiger partial charge < -0.3 is 15.0 Å². The Morgan fingerprint density at radius 2 is 1.51 bits per heavy atom. The predicted molar refractivity (Wildman–Crippen MR) is 185 cm³/mol. The fraction of sp³-hybridized carbons (Fsp3) is 0.316. The van der Waals surface area contributed by atoms with Crippen LogP contribution in [0.1, 0.15) is 47.9 Å². The molecule has 1 aliphatic rings. The quantitative estimate of drug-likeness (QED) is 0.185. The number of rotatable bonds is 13. The normalized spacial score (nSPS) is 13.9. The second kappa shape index (κ2) is 15.3. The standard InChI is InChI=1S/C38H43N3O5S/c1-28-19-21-35(22-20-28)47(44,45)41(33-17-9-11-29(2)23-33)27-37(42)40(26-31-14-10-18-34(24-31)46-3)36(25-30-12-5-4-6-13-30)38(43)39-32-15-7-8-16-32/h4-6,9-14,17-24,32,36H,7-8,15-16,25-27H2,1-3H3,(H,39,43). The highest BCUT2D eigenvalue weighted by Gasteiger charge is 2.35. The third-order valence-corrected chi connectivity index (χ3v) is 10.4. The van der Waals surface area contributed by atoms with Gasteiger partial charge in [-0.2, -0.15) is 0 Å². The minimum atomic E-state index is -4.16. The van der Waals surface area contributed by atoms with Crippen LogP contribution in [-0.2, 0) is 32.6 Å². The molecule has 0 spiro atoms. The first-order chi connectivity index (χ1) is 22.6. The fourth-order valence-corrected chi connectivity index (χ4v) is 7.44. The van der Waals surface area contributed by atoms with E-state index in [0.29, 0.717) is 11.4 Å². The average molecular weight is 654 g/mol. The molecule has 47 heavy (non-hydrogen) atoms. The molecular formula is C38H43N3O5S. The van der Waals surface area contributed by atoms with E-state index in [9.17, 15) is 18.0 Å². The molecule has 9 heteroatoms. The maximum atomic E-state index is 14.7. The molecule has 1 fully saturated rings. The summed E-state index contributed by atoms with van der Waals surface area (Å²) < 4.78 is 35.1. The molecule has 1 atom stereocenters. The van der Waals surface area contributed by atoms with E-state index in [1.54, 1.807) is 49.6 Å². The molecule has 246 valence electrons. The zero-order valence-corrected chi connectivity index (χ0v) is 28.1. The number of methoxy groups -OCH3 is 1. The van der Waals surface area contributed by atoms with Crippen molar-refractivity contribution in [2.75, 3.05) is 18.0 Å². The van der Waals surface area contributed by atoms with Crippen molar-refractivity contribution >= 4 is 27.5 Å². The minimum absolute atomic E-state index is 0.0419. The Balaban J connectivity index is 1.57. The molecule has 4 aromatic carbocycles. The minimum Gasteiger partial charge on any atom is -0.497 e. The number of aryl methyl sites for hydroxylation is 2. The molecule has 4 aromatic rings. The number of nitrogens with zero attached hydrogens (tertiary/aromatic N) is 2. The number of nitrogens with one attached hydrogen (secondary N) is 1. The maximum Gasteiger partial charge on any atom is 0.264 e. The summed E-state index contributed by atoms with van der Waals surface area (Å²) in [6.07, 6.45) is 4.14. The first-order valence-corrected chi connectivity index (χ1v) is 17.5. The molecule has 0 bridgehead atoms. The molecule has 0 aliphatic heterocycles. The lowest BCUT2D eigenvalue weighted by Gasteiger charge is -2.34. The van der Waals surface area contributed by atoms with E-state index in [2.05, 4.69) is 5.32 Å². The summed E-state index contributed by atoms with van der Waals surface area (Å²) in [7, 11) is -2.58. The Kier molecular flexibility index (Phi) is 11.0. The Hall–Kier alpha value is -4.63. The summed E-state index contributed by atoms with van der Waals surface area (Å²) >= 11 is 0. The molecule has 2 amide bonds. The van der Waals surface area contributed by atoms with Crippen LogP contribution < -0.4 is 14.4 Å². The van der Waals surface area contributed by atoms with Gasteiger partial charge in [0.25, 0.3) is 10.0 Å². The zero-order valence-electron chi connectivity index (χ0n) is 27.3. The van der Waals surface area contributed by atoms with Gasteiger partial charge in [-0.3, -0.25) is 13.9 Å². The van der Waals surface area contributed by atoms with Gasteiger partial charge in [0.2, 0.25) is 11.8 Å². The molecule has 1 N–H and O–H groups in total. The number of anilines is 1. The van der Waals surface area contributed by atoms with E-state index in [1.807, 2.05) is 74.5 Å². The van der Waals surface area contributed by atoms with Crippen LogP contribution in [0.3, 0.4) is 0 Å². The van der Waals surface area contributed by atoms with E-state index in [0.717, 1.165) is 52.2 Å². The molecular weight excluding hydrogens is 611 g/mol. The van der Waals surface area contributed by atoms with Gasteiger partial charge in [-0.25, -0.2) is 8.42 Å². The number of benzene rings is 4. The van der Waals surface area contributed by atoms with E-state index in [4.69, 9.17) is 4.74 Å². The number of hydrogen-bond acceptors (Lipinski definition) is 5. The molecule has 0 saturated heterocycles. The smallest absolute Gasteiger partial charge is 0.264 e. The summed E-state index contributed by atoms with van der Waals surface area (Å²) in [5, 5.41) is 3.21. The Bertz CT molecular complexity index is 1770. The molecule has 0 aromatic heterocycles. The number of carbonyl (C=O) groups is 2. The van der Waals surface area contributed by atoms with Crippen molar-refractivity contribution in [1.29, 1.82) is 0 Å². The van der Waals surface area contributed by atoms with Gasteiger partial charge in [0.1, 0.15) is 18.3 Å². The molecule has 0 radical (unpaired) electrons. The van der Waals surface area contributed by atoms with Crippen LogP contribution in [0.4, 0.5) is 5.69 Å². The second-order valence-corrected chi connectivity index (χ2v) is 14.1. The molecule has 1 saturated carbocycles. The van der Waals surface area contributed by atoms with Gasteiger partial charge >= 0.3 is 0 Å². The lowest BCUT2D eigenvalue weighted by molar-refractivity contribution is -0.140. The summed E-state index contributed by atoms with van der Waals surface area (Å²) in [5.74, 6) is -0.124. The SMILES string of the molecule is COc1cccc(CN(C(=O)CN(c2cccc(C)c2)S(=O)(=O)c2ccc(C)cc2)C(Cc2ccccc2)C(=O)NC2CCCC2)c1. The number of amides is 2. The molecule has 0 heterocycles. The first-order valence-electron chi connectivity index (χ1n) is 16.1. The van der Waals surface area contributed by atoms with E-state index in [1.165, 1.54) is 4.90 Å². The topological polar surface area (TPSA) is 96.0 Å². The Labute approximate surface area is 278 Å². The molecule has 8 nitrogen and oxygen atoms in total. The second-order valence-electron chi connectivity index (χ2n) is 12.2. The number of sulfonamides is 1. The highest BCUT2D eigenvalue weighted by Crippen LogP contribution is 2.27. The molecule has 5 rings (SSSR count). The van der Waals surface area contributed by atoms with Crippen LogP contribution in [0, 0.1) is 13.8 Å². The first kappa shape index (κ1) is 33.7. The lowest BCUT2D eigenvalue weighted by atomic mass is 10.0. The van der Waals surface area contributed by atoms with Crippen LogP contribution in [0.2, 0.25) is 0 Å². The number of carbonyl (C=O) groups excluding carboxylic acids is 2. The highest BCUT2D eigenvalue weighted by atomic mass is 32.2. The van der Waals surface area contributed by atoms with E-state index in [-0.39, 0.29) is 29.8 Å². The van der Waals surface area contributed by atoms with Crippen molar-refractivity contribution < 1.29 is 22.7 Å². The zero-order chi connectivity index (χ0) is 33.4. The average Bonchev–Trinajstić information content (AvgIpc) is 3.59. The van der Waals surface area contributed by atoms with Crippen LogP contribution in [0.5, 0.6) is 5.75 Å². The number of hydrogen-bond donors (Lipinski definition) is 1. The summed E-state index contributed by atoms with van der Waals surface area (Å²) in [5.41, 5.74) is 3.79. The Morgan fingerprint density at radius 1 is 0.830 bits per heavy atom. The van der Waals surface area contributed by atoms with E-state index < -0.39 is 28.5 Å². The van der Waals surface area contributed by atoms with Gasteiger partial charge in [0.05, 0.1) is 17.7 Å². The van der Waals surface area contributed by atoms with Gasteiger partial charge in [-0.15, -0.1) is 0 Å². The van der Waals surface area contributed by atoms with Gasteiger partial charge in [-0.05, 0) is 79.8 Å². The van der Waals surface area contributed by atoms with Crippen molar-refractivity contribution in [3.8, 4) is 5.75 Å². The van der Waals surface area contributed by atoms with Crippen molar-refractivity contribution in [2.24, 2.45) is 0 Å². The Morgan fingerprint density at radius 3 is 2.19 bits per heavy atom. The van der Waals surface area contributed by atoms with Crippen LogP contribution >= 0.6 is 0 Å². The largest absolute Gasteiger partial charge is 0.497 e. The van der Waals surface area contributed by atoms with Crippen molar-refractivity contribution in [3.05, 3.63) is 125 Å². The monoisotopic (exact) mass is 653 g/mol. The van der Waals surface area contributed by atoms with Crippen molar-refractivity contribution in [3.63, 3.8) is 0 Å². The van der Waals surface area contributed by atoms with Crippen LogP contribution in [-0.4, -0.2) is 50.9 Å². The van der Waals surface area contributed by atoms with Crippen molar-refractivity contribution in [1.82, 2.24) is 10.2 Å². The maximum absolute atomic E-state index is 14.7. The van der Waals surface area contributed by atoms with E-state index >= 15 is 0 Å². The lowest BCUT2D eigenvalue weighted by Crippen LogP contribution is -2.54. The highest BCUT2D eigenvalue weighted by molar-refractivity contribution is 7.92. The fourth-order valence-electron chi connectivity index (χ4n) is 6.04. The predicted octanol–water partition coefficient (Wildman–Crippen LogP) is 6.21. The van der Waals surface area contributed by atoms with Crippen molar-refractivity contribution in [2.45, 2.75) is 69.5 Å². The van der Waals surface area contributed by atoms with Crippen LogP contribution in [0.25, 0.3) is 0 Å². The summed E-state index contributed by atoms with van der Waals surface area (Å²) in [6.45, 7) is 3.35. The summed E-state index contributed by atoms with van der Waals surface area (Å²) in [6, 6.07) is 29.8. The third-order valence-electron chi connectivity index (χ3n) is 8.64. The van der Waals surface area contributed by atoms with Gasteiger partial charge in [0, 0.05) is 19.0 Å². The summed E-state index contributed by atoms with van der Waals surface area (Å²) in [4.78, 5) is 30.4. The van der Waals surface area contributed by atoms with Gasteiger partial charge in [0.15, 0.2) is 0 Å². The van der Waals surface area contributed by atoms with Crippen LogP contribution in [0.15, 0.2) is 108 Å². The molecule has 1 aliphatic carbocycles. The number of ether oxygens (including phenoxy) is 1. The molecule has 1 unspecified atom stereocenters. The van der Waals surface area contributed by atoms with Gasteiger partial charge in [-0.1, -0.05) is 85.1 Å². The third kappa shape index (κ3) is 8.60.